The zero-order chi connectivity index (χ0) is 33.3. The number of hydrogen-bond acceptors (Lipinski definition) is 2. The first-order chi connectivity index (χ1) is 24.9. The van der Waals surface area contributed by atoms with Crippen molar-refractivity contribution in [1.82, 2.24) is 9.61 Å². The Balaban J connectivity index is 1.49. The molecule has 0 fully saturated rings. The minimum Gasteiger partial charge on any atom is -0.307 e. The summed E-state index contributed by atoms with van der Waals surface area (Å²) >= 11 is 0. The summed E-state index contributed by atoms with van der Waals surface area (Å²) in [6.45, 7) is 0. The van der Waals surface area contributed by atoms with Crippen molar-refractivity contribution in [2.75, 3.05) is 4.90 Å². The Labute approximate surface area is 292 Å². The minimum atomic E-state index is 0.951. The molecule has 0 bridgehead atoms. The summed E-state index contributed by atoms with van der Waals surface area (Å²) in [5.74, 6) is 0. The van der Waals surface area contributed by atoms with Crippen LogP contribution in [0.5, 0.6) is 0 Å². The molecule has 0 unspecified atom stereocenters. The maximum Gasteiger partial charge on any atom is 0.101 e. The molecule has 9 rings (SSSR count). The summed E-state index contributed by atoms with van der Waals surface area (Å²) in [6.07, 6.45) is 0. The van der Waals surface area contributed by atoms with Gasteiger partial charge >= 0.3 is 0 Å². The van der Waals surface area contributed by atoms with Crippen LogP contribution in [-0.2, 0) is 0 Å². The number of anilines is 3. The maximum atomic E-state index is 5.59. The van der Waals surface area contributed by atoms with E-state index in [-0.39, 0.29) is 0 Å². The van der Waals surface area contributed by atoms with Crippen LogP contribution in [0.1, 0.15) is 0 Å². The van der Waals surface area contributed by atoms with Crippen molar-refractivity contribution < 1.29 is 0 Å². The van der Waals surface area contributed by atoms with Crippen LogP contribution in [0.15, 0.2) is 200 Å². The molecule has 9 aromatic rings. The van der Waals surface area contributed by atoms with Crippen molar-refractivity contribution in [3.05, 3.63) is 200 Å². The fourth-order valence-electron chi connectivity index (χ4n) is 7.21. The molecule has 0 aliphatic heterocycles. The van der Waals surface area contributed by atoms with E-state index >= 15 is 0 Å². The maximum absolute atomic E-state index is 5.59. The molecule has 0 radical (unpaired) electrons. The Morgan fingerprint density at radius 3 is 1.52 bits per heavy atom. The number of aromatic nitrogens is 2. The van der Waals surface area contributed by atoms with Crippen molar-refractivity contribution in [2.45, 2.75) is 0 Å². The van der Waals surface area contributed by atoms with Crippen molar-refractivity contribution in [3.8, 4) is 44.8 Å². The first-order valence-corrected chi connectivity index (χ1v) is 17.0. The van der Waals surface area contributed by atoms with E-state index in [1.807, 2.05) is 0 Å². The van der Waals surface area contributed by atoms with E-state index in [4.69, 9.17) is 5.10 Å². The van der Waals surface area contributed by atoms with Gasteiger partial charge in [-0.25, -0.2) is 4.52 Å². The Morgan fingerprint density at radius 1 is 0.400 bits per heavy atom. The largest absolute Gasteiger partial charge is 0.307 e. The summed E-state index contributed by atoms with van der Waals surface area (Å²) in [5, 5.41) is 7.86. The average molecular weight is 640 g/mol. The molecular formula is C47H33N3. The van der Waals surface area contributed by atoms with Crippen molar-refractivity contribution >= 4 is 33.4 Å². The Hall–Kier alpha value is -6.71. The minimum absolute atomic E-state index is 0.951. The lowest BCUT2D eigenvalue weighted by molar-refractivity contribution is 0.976. The van der Waals surface area contributed by atoms with E-state index in [1.165, 1.54) is 0 Å². The van der Waals surface area contributed by atoms with E-state index in [0.29, 0.717) is 0 Å². The topological polar surface area (TPSA) is 20.5 Å². The lowest BCUT2D eigenvalue weighted by Crippen LogP contribution is -2.15. The zero-order valence-electron chi connectivity index (χ0n) is 27.4. The molecule has 50 heavy (non-hydrogen) atoms. The number of hydrogen-bond donors (Lipinski definition) is 0. The number of benzene rings is 7. The predicted molar refractivity (Wildman–Crippen MR) is 209 cm³/mol. The Kier molecular flexibility index (Phi) is 7.49. The van der Waals surface area contributed by atoms with Crippen LogP contribution in [0.4, 0.5) is 17.1 Å². The second-order valence-corrected chi connectivity index (χ2v) is 12.4. The van der Waals surface area contributed by atoms with Crippen LogP contribution >= 0.6 is 0 Å². The predicted octanol–water partition coefficient (Wildman–Crippen LogP) is 12.6. The molecule has 0 spiro atoms. The van der Waals surface area contributed by atoms with Gasteiger partial charge in [0.25, 0.3) is 0 Å². The molecule has 0 atom stereocenters. The first kappa shape index (κ1) is 29.4. The summed E-state index contributed by atoms with van der Waals surface area (Å²) in [7, 11) is 0. The molecule has 0 N–H and O–H groups in total. The second kappa shape index (κ2) is 12.7. The van der Waals surface area contributed by atoms with Gasteiger partial charge < -0.3 is 4.90 Å². The van der Waals surface area contributed by atoms with Crippen LogP contribution in [0, 0.1) is 0 Å². The number of para-hydroxylation sites is 2. The third-order valence-electron chi connectivity index (χ3n) is 9.38. The van der Waals surface area contributed by atoms with Crippen LogP contribution in [0.2, 0.25) is 0 Å². The zero-order valence-corrected chi connectivity index (χ0v) is 27.4. The normalized spacial score (nSPS) is 11.2. The van der Waals surface area contributed by atoms with Gasteiger partial charge in [-0.15, -0.1) is 0 Å². The molecule has 0 aliphatic carbocycles. The van der Waals surface area contributed by atoms with Crippen LogP contribution in [0.25, 0.3) is 61.1 Å². The van der Waals surface area contributed by atoms with Gasteiger partial charge in [0.05, 0.1) is 22.6 Å². The second-order valence-electron chi connectivity index (χ2n) is 12.4. The van der Waals surface area contributed by atoms with E-state index < -0.39 is 0 Å². The first-order valence-electron chi connectivity index (χ1n) is 17.0. The highest BCUT2D eigenvalue weighted by atomic mass is 15.3. The van der Waals surface area contributed by atoms with Gasteiger partial charge in [-0.05, 0) is 29.3 Å². The van der Waals surface area contributed by atoms with E-state index in [1.54, 1.807) is 0 Å². The molecule has 3 heteroatoms. The number of rotatable bonds is 7. The molecule has 2 heterocycles. The molecule has 0 saturated carbocycles. The number of pyridine rings is 1. The van der Waals surface area contributed by atoms with E-state index in [2.05, 4.69) is 210 Å². The van der Waals surface area contributed by atoms with Gasteiger partial charge in [0, 0.05) is 38.7 Å². The highest BCUT2D eigenvalue weighted by Crippen LogP contribution is 2.50. The van der Waals surface area contributed by atoms with Crippen molar-refractivity contribution in [2.24, 2.45) is 0 Å². The van der Waals surface area contributed by atoms with Gasteiger partial charge in [0.1, 0.15) is 5.69 Å². The molecule has 3 nitrogen and oxygen atoms in total. The van der Waals surface area contributed by atoms with Gasteiger partial charge in [-0.3, -0.25) is 0 Å². The highest BCUT2D eigenvalue weighted by Gasteiger charge is 2.29. The molecule has 0 aliphatic rings. The van der Waals surface area contributed by atoms with Crippen LogP contribution in [0.3, 0.4) is 0 Å². The number of fused-ring (bicyclic) bond motifs is 3. The number of nitrogens with zero attached hydrogens (tertiary/aromatic N) is 3. The van der Waals surface area contributed by atoms with Gasteiger partial charge in [-0.2, -0.15) is 5.10 Å². The van der Waals surface area contributed by atoms with Crippen LogP contribution in [-0.4, -0.2) is 9.61 Å². The third kappa shape index (κ3) is 5.04. The van der Waals surface area contributed by atoms with Gasteiger partial charge in [-0.1, -0.05) is 182 Å². The molecule has 7 aromatic carbocycles. The highest BCUT2D eigenvalue weighted by molar-refractivity contribution is 6.16. The molecule has 236 valence electrons. The average Bonchev–Trinajstić information content (AvgIpc) is 3.61. The Morgan fingerprint density at radius 2 is 0.880 bits per heavy atom. The third-order valence-corrected chi connectivity index (χ3v) is 9.38. The lowest BCUT2D eigenvalue weighted by atomic mass is 9.95. The van der Waals surface area contributed by atoms with Crippen molar-refractivity contribution in [3.63, 3.8) is 0 Å². The quantitative estimate of drug-likeness (QED) is 0.173. The summed E-state index contributed by atoms with van der Waals surface area (Å²) in [6, 6.07) is 70.8. The van der Waals surface area contributed by atoms with Gasteiger partial charge in [0.15, 0.2) is 0 Å². The monoisotopic (exact) mass is 639 g/mol. The molecule has 0 saturated heterocycles. The fourth-order valence-corrected chi connectivity index (χ4v) is 7.21. The molecular weight excluding hydrogens is 607 g/mol. The van der Waals surface area contributed by atoms with Crippen molar-refractivity contribution in [1.29, 1.82) is 0 Å². The van der Waals surface area contributed by atoms with E-state index in [9.17, 15) is 0 Å². The lowest BCUT2D eigenvalue weighted by Gasteiger charge is -2.31. The smallest absolute Gasteiger partial charge is 0.101 e. The van der Waals surface area contributed by atoms with E-state index in [0.717, 1.165) is 78.1 Å². The summed E-state index contributed by atoms with van der Waals surface area (Å²) in [5.41, 5.74) is 13.0. The molecule has 0 amide bonds. The standard InChI is InChI=1S/C47H33N3/c1-6-20-34(21-7-1)39-30-18-19-33-42(39)49(38-28-14-5-15-29-38)47-41-32-17-16-31-40(41)46-43(35-22-8-2-9-23-35)44(36-24-10-3-11-25-36)48-50(46)45(47)37-26-12-4-13-27-37/h1-33H. The SMILES string of the molecule is c1ccc(-c2ccccc2N(c2ccccc2)c2c(-c3ccccc3)n3nc(-c4ccccc4)c(-c4ccccc4)c3c3ccccc23)cc1. The Bertz CT molecular complexity index is 2560. The van der Waals surface area contributed by atoms with Gasteiger partial charge in [0.2, 0.25) is 0 Å². The van der Waals surface area contributed by atoms with Crippen LogP contribution < -0.4 is 4.90 Å². The molecule has 2 aromatic heterocycles. The fraction of sp³-hybridized carbons (Fsp3) is 0. The summed E-state index contributed by atoms with van der Waals surface area (Å²) < 4.78 is 2.21. The summed E-state index contributed by atoms with van der Waals surface area (Å²) in [4.78, 5) is 2.43.